The SMILES string of the molecule is COc1ccc(OCCNC(=O)c2nc(C)n3ccccc23)cc1. The number of methoxy groups -OCH3 is 1. The highest BCUT2D eigenvalue weighted by atomic mass is 16.5. The molecule has 1 amide bonds. The highest BCUT2D eigenvalue weighted by molar-refractivity contribution is 5.99. The molecule has 0 aliphatic heterocycles. The van der Waals surface area contributed by atoms with Crippen molar-refractivity contribution < 1.29 is 14.3 Å². The smallest absolute Gasteiger partial charge is 0.272 e. The van der Waals surface area contributed by atoms with E-state index < -0.39 is 0 Å². The highest BCUT2D eigenvalue weighted by Gasteiger charge is 2.14. The minimum absolute atomic E-state index is 0.204. The Balaban J connectivity index is 1.55. The van der Waals surface area contributed by atoms with Crippen molar-refractivity contribution in [2.24, 2.45) is 0 Å². The Bertz CT molecular complexity index is 840. The van der Waals surface area contributed by atoms with Gasteiger partial charge in [-0.3, -0.25) is 4.79 Å². The van der Waals surface area contributed by atoms with E-state index in [1.54, 1.807) is 7.11 Å². The molecule has 0 aliphatic carbocycles. The molecule has 2 aromatic heterocycles. The molecule has 0 saturated carbocycles. The third-order valence-corrected chi connectivity index (χ3v) is 3.66. The molecule has 0 atom stereocenters. The number of aryl methyl sites for hydroxylation is 1. The van der Waals surface area contributed by atoms with E-state index in [-0.39, 0.29) is 5.91 Å². The van der Waals surface area contributed by atoms with Crippen LogP contribution < -0.4 is 14.8 Å². The van der Waals surface area contributed by atoms with Gasteiger partial charge in [0.05, 0.1) is 19.2 Å². The molecule has 6 nitrogen and oxygen atoms in total. The summed E-state index contributed by atoms with van der Waals surface area (Å²) < 4.78 is 12.6. The van der Waals surface area contributed by atoms with Crippen molar-refractivity contribution in [2.75, 3.05) is 20.3 Å². The van der Waals surface area contributed by atoms with Crippen LogP contribution in [0.5, 0.6) is 11.5 Å². The second-order valence-electron chi connectivity index (χ2n) is 5.24. The van der Waals surface area contributed by atoms with E-state index in [0.717, 1.165) is 22.8 Å². The van der Waals surface area contributed by atoms with Gasteiger partial charge in [0, 0.05) is 6.20 Å². The molecule has 6 heteroatoms. The second kappa shape index (κ2) is 7.04. The molecule has 0 radical (unpaired) electrons. The predicted octanol–water partition coefficient (Wildman–Crippen LogP) is 2.46. The van der Waals surface area contributed by atoms with Gasteiger partial charge in [0.1, 0.15) is 23.9 Å². The van der Waals surface area contributed by atoms with E-state index in [4.69, 9.17) is 9.47 Å². The Morgan fingerprint density at radius 3 is 2.67 bits per heavy atom. The van der Waals surface area contributed by atoms with Crippen LogP contribution in [0.15, 0.2) is 48.7 Å². The van der Waals surface area contributed by atoms with Crippen LogP contribution in [-0.4, -0.2) is 35.6 Å². The molecule has 2 heterocycles. The summed E-state index contributed by atoms with van der Waals surface area (Å²) in [5.41, 5.74) is 1.22. The number of fused-ring (bicyclic) bond motifs is 1. The average Bonchev–Trinajstić information content (AvgIpc) is 2.96. The number of amides is 1. The number of nitrogens with one attached hydrogen (secondary N) is 1. The molecule has 1 N–H and O–H groups in total. The maximum Gasteiger partial charge on any atom is 0.272 e. The summed E-state index contributed by atoms with van der Waals surface area (Å²) >= 11 is 0. The summed E-state index contributed by atoms with van der Waals surface area (Å²) in [6.07, 6.45) is 1.89. The zero-order valence-electron chi connectivity index (χ0n) is 13.7. The lowest BCUT2D eigenvalue weighted by molar-refractivity contribution is 0.0944. The van der Waals surface area contributed by atoms with E-state index >= 15 is 0 Å². The van der Waals surface area contributed by atoms with Crippen molar-refractivity contribution in [3.63, 3.8) is 0 Å². The largest absolute Gasteiger partial charge is 0.497 e. The molecule has 1 aromatic carbocycles. The predicted molar refractivity (Wildman–Crippen MR) is 90.8 cm³/mol. The summed E-state index contributed by atoms with van der Waals surface area (Å²) in [4.78, 5) is 16.6. The molecule has 0 unspecified atom stereocenters. The maximum atomic E-state index is 12.3. The first-order chi connectivity index (χ1) is 11.7. The number of rotatable bonds is 6. The fourth-order valence-electron chi connectivity index (χ4n) is 2.45. The topological polar surface area (TPSA) is 64.9 Å². The minimum atomic E-state index is -0.204. The fraction of sp³-hybridized carbons (Fsp3) is 0.222. The van der Waals surface area contributed by atoms with Gasteiger partial charge in [0.25, 0.3) is 5.91 Å². The lowest BCUT2D eigenvalue weighted by Crippen LogP contribution is -2.28. The molecule has 24 heavy (non-hydrogen) atoms. The van der Waals surface area contributed by atoms with Gasteiger partial charge in [0.15, 0.2) is 5.69 Å². The number of pyridine rings is 1. The van der Waals surface area contributed by atoms with Crippen molar-refractivity contribution in [3.05, 3.63) is 60.2 Å². The number of hydrogen-bond donors (Lipinski definition) is 1. The summed E-state index contributed by atoms with van der Waals surface area (Å²) in [7, 11) is 1.62. The van der Waals surface area contributed by atoms with Gasteiger partial charge >= 0.3 is 0 Å². The second-order valence-corrected chi connectivity index (χ2v) is 5.24. The Labute approximate surface area is 140 Å². The van der Waals surface area contributed by atoms with Gasteiger partial charge in [-0.25, -0.2) is 4.98 Å². The summed E-state index contributed by atoms with van der Waals surface area (Å²) in [6.45, 7) is 2.65. The number of carbonyl (C=O) groups is 1. The first kappa shape index (κ1) is 15.9. The van der Waals surface area contributed by atoms with Gasteiger partial charge in [-0.15, -0.1) is 0 Å². The van der Waals surface area contributed by atoms with E-state index in [0.29, 0.717) is 18.8 Å². The van der Waals surface area contributed by atoms with E-state index in [2.05, 4.69) is 10.3 Å². The first-order valence-corrected chi connectivity index (χ1v) is 7.68. The lowest BCUT2D eigenvalue weighted by Gasteiger charge is -2.08. The van der Waals surface area contributed by atoms with Crippen molar-refractivity contribution in [1.29, 1.82) is 0 Å². The molecule has 124 valence electrons. The molecule has 3 rings (SSSR count). The van der Waals surface area contributed by atoms with Gasteiger partial charge in [-0.1, -0.05) is 6.07 Å². The molecule has 0 saturated heterocycles. The van der Waals surface area contributed by atoms with Crippen molar-refractivity contribution >= 4 is 11.4 Å². The van der Waals surface area contributed by atoms with E-state index in [1.807, 2.05) is 60.0 Å². The van der Waals surface area contributed by atoms with Crippen LogP contribution in [0.1, 0.15) is 16.3 Å². The van der Waals surface area contributed by atoms with E-state index in [9.17, 15) is 4.79 Å². The third-order valence-electron chi connectivity index (χ3n) is 3.66. The van der Waals surface area contributed by atoms with Crippen molar-refractivity contribution in [1.82, 2.24) is 14.7 Å². The number of imidazole rings is 1. The zero-order chi connectivity index (χ0) is 16.9. The average molecular weight is 325 g/mol. The first-order valence-electron chi connectivity index (χ1n) is 7.68. The number of nitrogens with zero attached hydrogens (tertiary/aromatic N) is 2. The lowest BCUT2D eigenvalue weighted by atomic mass is 10.3. The van der Waals surface area contributed by atoms with Crippen LogP contribution in [0, 0.1) is 6.92 Å². The van der Waals surface area contributed by atoms with Gasteiger partial charge in [0.2, 0.25) is 0 Å². The van der Waals surface area contributed by atoms with E-state index in [1.165, 1.54) is 0 Å². The molecule has 0 fully saturated rings. The number of benzene rings is 1. The summed E-state index contributed by atoms with van der Waals surface area (Å²) in [5, 5.41) is 2.83. The van der Waals surface area contributed by atoms with Gasteiger partial charge in [-0.2, -0.15) is 0 Å². The monoisotopic (exact) mass is 325 g/mol. The number of ether oxygens (including phenoxy) is 2. The van der Waals surface area contributed by atoms with Crippen LogP contribution in [-0.2, 0) is 0 Å². The quantitative estimate of drug-likeness (QED) is 0.707. The normalized spacial score (nSPS) is 10.6. The number of carbonyl (C=O) groups excluding carboxylic acids is 1. The Morgan fingerprint density at radius 1 is 1.17 bits per heavy atom. The van der Waals surface area contributed by atoms with Crippen molar-refractivity contribution in [3.8, 4) is 11.5 Å². The number of hydrogen-bond acceptors (Lipinski definition) is 4. The Morgan fingerprint density at radius 2 is 1.92 bits per heavy atom. The molecule has 0 bridgehead atoms. The van der Waals surface area contributed by atoms with Crippen LogP contribution in [0.4, 0.5) is 0 Å². The third kappa shape index (κ3) is 3.32. The van der Waals surface area contributed by atoms with Crippen LogP contribution in [0.25, 0.3) is 5.52 Å². The van der Waals surface area contributed by atoms with Gasteiger partial charge in [-0.05, 0) is 43.3 Å². The molecule has 0 spiro atoms. The maximum absolute atomic E-state index is 12.3. The highest BCUT2D eigenvalue weighted by Crippen LogP contribution is 2.16. The molecular weight excluding hydrogens is 306 g/mol. The van der Waals surface area contributed by atoms with Crippen LogP contribution in [0.2, 0.25) is 0 Å². The summed E-state index contributed by atoms with van der Waals surface area (Å²) in [6, 6.07) is 13.0. The molecular formula is C18H19N3O3. The zero-order valence-corrected chi connectivity index (χ0v) is 13.7. The van der Waals surface area contributed by atoms with Crippen molar-refractivity contribution in [2.45, 2.75) is 6.92 Å². The van der Waals surface area contributed by atoms with Crippen LogP contribution >= 0.6 is 0 Å². The fourth-order valence-corrected chi connectivity index (χ4v) is 2.45. The summed E-state index contributed by atoms with van der Waals surface area (Å²) in [5.74, 6) is 2.08. The number of aromatic nitrogens is 2. The standard InChI is InChI=1S/C18H19N3O3/c1-13-20-17(16-5-3-4-11-21(13)16)18(22)19-10-12-24-15-8-6-14(23-2)7-9-15/h3-9,11H,10,12H2,1-2H3,(H,19,22). The molecule has 0 aliphatic rings. The Hall–Kier alpha value is -3.02. The molecule has 3 aromatic rings. The van der Waals surface area contributed by atoms with Crippen LogP contribution in [0.3, 0.4) is 0 Å². The van der Waals surface area contributed by atoms with Gasteiger partial charge < -0.3 is 19.2 Å². The minimum Gasteiger partial charge on any atom is -0.497 e. The Kier molecular flexibility index (Phi) is 4.65.